The van der Waals surface area contributed by atoms with Gasteiger partial charge in [0.1, 0.15) is 0 Å². The maximum atomic E-state index is 10.3. The first-order valence-corrected chi connectivity index (χ1v) is 7.34. The second kappa shape index (κ2) is 6.00. The molecule has 1 atom stereocenters. The van der Waals surface area contributed by atoms with Gasteiger partial charge >= 0.3 is 0 Å². The van der Waals surface area contributed by atoms with E-state index in [1.165, 1.54) is 0 Å². The Balaban J connectivity index is 2.24. The Kier molecular flexibility index (Phi) is 4.60. The van der Waals surface area contributed by atoms with Crippen molar-refractivity contribution >= 4 is 31.9 Å². The normalized spacial score (nSPS) is 12.4. The van der Waals surface area contributed by atoms with E-state index in [-0.39, 0.29) is 0 Å². The molecule has 0 aliphatic heterocycles. The standard InChI is InChI=1S/C15H14Br2O/c1-10-7-14(17)12(9-13(10)16)15(18)8-11-5-3-2-4-6-11/h2-7,9,15,18H,8H2,1H3. The van der Waals surface area contributed by atoms with Crippen LogP contribution in [0.15, 0.2) is 51.4 Å². The van der Waals surface area contributed by atoms with Gasteiger partial charge in [0.2, 0.25) is 0 Å². The molecule has 0 radical (unpaired) electrons. The van der Waals surface area contributed by atoms with Crippen molar-refractivity contribution in [2.45, 2.75) is 19.4 Å². The summed E-state index contributed by atoms with van der Waals surface area (Å²) < 4.78 is 1.97. The van der Waals surface area contributed by atoms with Crippen molar-refractivity contribution in [2.24, 2.45) is 0 Å². The summed E-state index contributed by atoms with van der Waals surface area (Å²) in [6.07, 6.45) is 0.119. The van der Waals surface area contributed by atoms with E-state index in [0.717, 1.165) is 25.6 Å². The summed E-state index contributed by atoms with van der Waals surface area (Å²) >= 11 is 7.02. The maximum Gasteiger partial charge on any atom is 0.0841 e. The lowest BCUT2D eigenvalue weighted by Crippen LogP contribution is -2.03. The van der Waals surface area contributed by atoms with Crippen molar-refractivity contribution in [3.05, 3.63) is 68.1 Å². The van der Waals surface area contributed by atoms with Gasteiger partial charge in [-0.15, -0.1) is 0 Å². The van der Waals surface area contributed by atoms with Crippen LogP contribution in [0.2, 0.25) is 0 Å². The number of rotatable bonds is 3. The van der Waals surface area contributed by atoms with Crippen molar-refractivity contribution < 1.29 is 5.11 Å². The molecule has 2 aromatic rings. The van der Waals surface area contributed by atoms with Crippen molar-refractivity contribution in [1.82, 2.24) is 0 Å². The fourth-order valence-corrected chi connectivity index (χ4v) is 2.95. The maximum absolute atomic E-state index is 10.3. The predicted octanol–water partition coefficient (Wildman–Crippen LogP) is 4.80. The van der Waals surface area contributed by atoms with Gasteiger partial charge in [-0.3, -0.25) is 0 Å². The van der Waals surface area contributed by atoms with Crippen LogP contribution in [-0.2, 0) is 6.42 Å². The fourth-order valence-electron chi connectivity index (χ4n) is 1.86. The van der Waals surface area contributed by atoms with Crippen molar-refractivity contribution in [3.63, 3.8) is 0 Å². The van der Waals surface area contributed by atoms with Gasteiger partial charge in [-0.2, -0.15) is 0 Å². The van der Waals surface area contributed by atoms with E-state index >= 15 is 0 Å². The Morgan fingerprint density at radius 1 is 1.06 bits per heavy atom. The lowest BCUT2D eigenvalue weighted by atomic mass is 10.0. The summed E-state index contributed by atoms with van der Waals surface area (Å²) in [5.74, 6) is 0. The molecule has 0 amide bonds. The van der Waals surface area contributed by atoms with Crippen LogP contribution in [0, 0.1) is 6.92 Å². The highest BCUT2D eigenvalue weighted by Gasteiger charge is 2.13. The lowest BCUT2D eigenvalue weighted by molar-refractivity contribution is 0.177. The SMILES string of the molecule is Cc1cc(Br)c(C(O)Cc2ccccc2)cc1Br. The van der Waals surface area contributed by atoms with Crippen LogP contribution in [0.4, 0.5) is 0 Å². The molecule has 2 aromatic carbocycles. The van der Waals surface area contributed by atoms with Crippen molar-refractivity contribution in [3.8, 4) is 0 Å². The molecule has 0 saturated carbocycles. The van der Waals surface area contributed by atoms with Crippen LogP contribution in [0.3, 0.4) is 0 Å². The molecule has 1 nitrogen and oxygen atoms in total. The predicted molar refractivity (Wildman–Crippen MR) is 81.7 cm³/mol. The minimum atomic E-state index is -0.501. The fraction of sp³-hybridized carbons (Fsp3) is 0.200. The van der Waals surface area contributed by atoms with Gasteiger partial charge in [0.25, 0.3) is 0 Å². The summed E-state index contributed by atoms with van der Waals surface area (Å²) in [6.45, 7) is 2.03. The number of aliphatic hydroxyl groups excluding tert-OH is 1. The van der Waals surface area contributed by atoms with Crippen LogP contribution < -0.4 is 0 Å². The highest BCUT2D eigenvalue weighted by Crippen LogP contribution is 2.31. The number of aliphatic hydroxyl groups is 1. The molecule has 1 N–H and O–H groups in total. The van der Waals surface area contributed by atoms with Crippen molar-refractivity contribution in [1.29, 1.82) is 0 Å². The van der Waals surface area contributed by atoms with Crippen LogP contribution >= 0.6 is 31.9 Å². The summed E-state index contributed by atoms with van der Waals surface area (Å²) in [6, 6.07) is 14.0. The topological polar surface area (TPSA) is 20.2 Å². The summed E-state index contributed by atoms with van der Waals surface area (Å²) in [7, 11) is 0. The van der Waals surface area contributed by atoms with E-state index in [1.807, 2.05) is 49.4 Å². The summed E-state index contributed by atoms with van der Waals surface area (Å²) in [5, 5.41) is 10.3. The first kappa shape index (κ1) is 13.8. The third kappa shape index (κ3) is 3.22. The van der Waals surface area contributed by atoms with E-state index in [0.29, 0.717) is 6.42 Å². The zero-order valence-electron chi connectivity index (χ0n) is 10.0. The Hall–Kier alpha value is -0.640. The Morgan fingerprint density at radius 3 is 2.39 bits per heavy atom. The molecule has 0 heterocycles. The molecular formula is C15H14Br2O. The lowest BCUT2D eigenvalue weighted by Gasteiger charge is -2.14. The highest BCUT2D eigenvalue weighted by atomic mass is 79.9. The molecule has 3 heteroatoms. The van der Waals surface area contributed by atoms with E-state index < -0.39 is 6.10 Å². The van der Waals surface area contributed by atoms with Crippen molar-refractivity contribution in [2.75, 3.05) is 0 Å². The van der Waals surface area contributed by atoms with Crippen LogP contribution in [0.25, 0.3) is 0 Å². The minimum absolute atomic E-state index is 0.501. The van der Waals surface area contributed by atoms with Gasteiger partial charge in [0, 0.05) is 15.4 Å². The average molecular weight is 370 g/mol. The molecule has 0 bridgehead atoms. The van der Waals surface area contributed by atoms with Gasteiger partial charge < -0.3 is 5.11 Å². The van der Waals surface area contributed by atoms with Gasteiger partial charge in [0.15, 0.2) is 0 Å². The summed E-state index contributed by atoms with van der Waals surface area (Å²) in [4.78, 5) is 0. The van der Waals surface area contributed by atoms with Crippen LogP contribution in [-0.4, -0.2) is 5.11 Å². The number of aryl methyl sites for hydroxylation is 1. The Labute approximate surface area is 124 Å². The molecule has 18 heavy (non-hydrogen) atoms. The number of hydrogen-bond acceptors (Lipinski definition) is 1. The third-order valence-electron chi connectivity index (χ3n) is 2.91. The number of hydrogen-bond donors (Lipinski definition) is 1. The largest absolute Gasteiger partial charge is 0.388 e. The Morgan fingerprint density at radius 2 is 1.72 bits per heavy atom. The highest BCUT2D eigenvalue weighted by molar-refractivity contribution is 9.11. The molecule has 0 spiro atoms. The number of benzene rings is 2. The van der Waals surface area contributed by atoms with Gasteiger partial charge in [0.05, 0.1) is 6.10 Å². The molecule has 0 fully saturated rings. The first-order valence-electron chi connectivity index (χ1n) is 5.75. The van der Waals surface area contributed by atoms with Crippen LogP contribution in [0.1, 0.15) is 22.8 Å². The smallest absolute Gasteiger partial charge is 0.0841 e. The molecule has 94 valence electrons. The molecule has 2 rings (SSSR count). The molecule has 0 saturated heterocycles. The van der Waals surface area contributed by atoms with Gasteiger partial charge in [-0.25, -0.2) is 0 Å². The van der Waals surface area contributed by atoms with E-state index in [1.54, 1.807) is 0 Å². The molecule has 0 aromatic heterocycles. The minimum Gasteiger partial charge on any atom is -0.388 e. The first-order chi connectivity index (χ1) is 8.58. The molecule has 0 aliphatic carbocycles. The number of halogens is 2. The monoisotopic (exact) mass is 368 g/mol. The Bertz CT molecular complexity index is 538. The third-order valence-corrected chi connectivity index (χ3v) is 4.45. The van der Waals surface area contributed by atoms with E-state index in [4.69, 9.17) is 0 Å². The second-order valence-electron chi connectivity index (χ2n) is 4.33. The zero-order valence-corrected chi connectivity index (χ0v) is 13.2. The summed E-state index contributed by atoms with van der Waals surface area (Å²) in [5.41, 5.74) is 3.20. The van der Waals surface area contributed by atoms with E-state index in [2.05, 4.69) is 31.9 Å². The molecule has 1 unspecified atom stereocenters. The van der Waals surface area contributed by atoms with Crippen LogP contribution in [0.5, 0.6) is 0 Å². The molecular weight excluding hydrogens is 356 g/mol. The van der Waals surface area contributed by atoms with Gasteiger partial charge in [-0.05, 0) is 35.7 Å². The quantitative estimate of drug-likeness (QED) is 0.824. The average Bonchev–Trinajstić information content (AvgIpc) is 2.35. The second-order valence-corrected chi connectivity index (χ2v) is 6.04. The van der Waals surface area contributed by atoms with Gasteiger partial charge in [-0.1, -0.05) is 62.2 Å². The molecule has 0 aliphatic rings. The zero-order chi connectivity index (χ0) is 13.1. The van der Waals surface area contributed by atoms with E-state index in [9.17, 15) is 5.11 Å².